The maximum absolute atomic E-state index is 12.3. The Morgan fingerprint density at radius 2 is 1.69 bits per heavy atom. The summed E-state index contributed by atoms with van der Waals surface area (Å²) in [5.41, 5.74) is 3.24. The SMILES string of the molecule is CCc1cccc(CC)c1NC(=O)COC(=O)/C(C#N)=C/c1ccc(OC)cc1. The number of aryl methyl sites for hydroxylation is 2. The summed E-state index contributed by atoms with van der Waals surface area (Å²) in [6.07, 6.45) is 2.94. The predicted molar refractivity (Wildman–Crippen MR) is 111 cm³/mol. The fraction of sp³-hybridized carbons (Fsp3) is 0.261. The van der Waals surface area contributed by atoms with Crippen LogP contribution >= 0.6 is 0 Å². The summed E-state index contributed by atoms with van der Waals surface area (Å²) in [7, 11) is 1.55. The first-order valence-electron chi connectivity index (χ1n) is 9.35. The molecule has 0 heterocycles. The van der Waals surface area contributed by atoms with Crippen LogP contribution in [0.3, 0.4) is 0 Å². The molecule has 0 saturated carbocycles. The summed E-state index contributed by atoms with van der Waals surface area (Å²) in [5.74, 6) is -0.632. The van der Waals surface area contributed by atoms with E-state index in [1.807, 2.05) is 38.1 Å². The summed E-state index contributed by atoms with van der Waals surface area (Å²) in [6.45, 7) is 3.54. The van der Waals surface area contributed by atoms with E-state index in [-0.39, 0.29) is 5.57 Å². The van der Waals surface area contributed by atoms with Crippen LogP contribution in [0.4, 0.5) is 5.69 Å². The van der Waals surface area contributed by atoms with E-state index < -0.39 is 18.5 Å². The van der Waals surface area contributed by atoms with Crippen molar-refractivity contribution >= 4 is 23.6 Å². The third kappa shape index (κ3) is 5.94. The van der Waals surface area contributed by atoms with Crippen molar-refractivity contribution in [2.75, 3.05) is 19.0 Å². The fourth-order valence-corrected chi connectivity index (χ4v) is 2.79. The van der Waals surface area contributed by atoms with Gasteiger partial charge in [-0.1, -0.05) is 44.2 Å². The van der Waals surface area contributed by atoms with Gasteiger partial charge in [-0.25, -0.2) is 4.79 Å². The van der Waals surface area contributed by atoms with Gasteiger partial charge in [0.25, 0.3) is 5.91 Å². The number of rotatable bonds is 8. The van der Waals surface area contributed by atoms with Crippen LogP contribution in [0.2, 0.25) is 0 Å². The molecule has 0 fully saturated rings. The molecule has 6 heteroatoms. The molecule has 2 rings (SSSR count). The summed E-state index contributed by atoms with van der Waals surface area (Å²) >= 11 is 0. The maximum atomic E-state index is 12.3. The minimum absolute atomic E-state index is 0.189. The van der Waals surface area contributed by atoms with Gasteiger partial charge in [-0.2, -0.15) is 5.26 Å². The van der Waals surface area contributed by atoms with Crippen LogP contribution in [-0.4, -0.2) is 25.6 Å². The molecule has 0 spiro atoms. The molecule has 1 amide bonds. The van der Waals surface area contributed by atoms with Crippen LogP contribution in [0.1, 0.15) is 30.5 Å². The number of methoxy groups -OCH3 is 1. The molecule has 0 aliphatic rings. The van der Waals surface area contributed by atoms with Crippen LogP contribution < -0.4 is 10.1 Å². The first kappa shape index (κ1) is 21.7. The zero-order valence-corrected chi connectivity index (χ0v) is 16.8. The number of carbonyl (C=O) groups is 2. The number of carbonyl (C=O) groups excluding carboxylic acids is 2. The quantitative estimate of drug-likeness (QED) is 0.418. The number of hydrogen-bond donors (Lipinski definition) is 1. The molecule has 0 aromatic heterocycles. The number of nitriles is 1. The van der Waals surface area contributed by atoms with Gasteiger partial charge in [0.2, 0.25) is 0 Å². The lowest BCUT2D eigenvalue weighted by Gasteiger charge is -2.14. The van der Waals surface area contributed by atoms with Crippen molar-refractivity contribution in [1.29, 1.82) is 5.26 Å². The van der Waals surface area contributed by atoms with Gasteiger partial charge in [0.1, 0.15) is 17.4 Å². The molecule has 150 valence electrons. The topological polar surface area (TPSA) is 88.4 Å². The molecular weight excluding hydrogens is 368 g/mol. The zero-order valence-electron chi connectivity index (χ0n) is 16.8. The van der Waals surface area contributed by atoms with Crippen molar-refractivity contribution < 1.29 is 19.1 Å². The van der Waals surface area contributed by atoms with Gasteiger partial charge in [-0.3, -0.25) is 4.79 Å². The van der Waals surface area contributed by atoms with Crippen molar-refractivity contribution in [3.05, 3.63) is 64.7 Å². The molecule has 0 aliphatic heterocycles. The first-order chi connectivity index (χ1) is 14.0. The van der Waals surface area contributed by atoms with Crippen LogP contribution in [0.5, 0.6) is 5.75 Å². The van der Waals surface area contributed by atoms with Gasteiger partial charge in [-0.15, -0.1) is 0 Å². The Morgan fingerprint density at radius 3 is 2.21 bits per heavy atom. The largest absolute Gasteiger partial charge is 0.497 e. The van der Waals surface area contributed by atoms with Crippen LogP contribution in [0, 0.1) is 11.3 Å². The monoisotopic (exact) mass is 392 g/mol. The molecular formula is C23H24N2O4. The Bertz CT molecular complexity index is 918. The number of amides is 1. The molecule has 6 nitrogen and oxygen atoms in total. The average molecular weight is 392 g/mol. The number of nitrogens with one attached hydrogen (secondary N) is 1. The van der Waals surface area contributed by atoms with Gasteiger partial charge in [0.05, 0.1) is 7.11 Å². The minimum Gasteiger partial charge on any atom is -0.497 e. The minimum atomic E-state index is -0.849. The fourth-order valence-electron chi connectivity index (χ4n) is 2.79. The highest BCUT2D eigenvalue weighted by Crippen LogP contribution is 2.22. The highest BCUT2D eigenvalue weighted by atomic mass is 16.5. The number of ether oxygens (including phenoxy) is 2. The van der Waals surface area contributed by atoms with E-state index >= 15 is 0 Å². The van der Waals surface area contributed by atoms with Crippen molar-refractivity contribution in [3.63, 3.8) is 0 Å². The van der Waals surface area contributed by atoms with Crippen molar-refractivity contribution in [3.8, 4) is 11.8 Å². The molecule has 0 bridgehead atoms. The zero-order chi connectivity index (χ0) is 21.2. The Balaban J connectivity index is 2.03. The highest BCUT2D eigenvalue weighted by Gasteiger charge is 2.15. The predicted octanol–water partition coefficient (Wildman–Crippen LogP) is 3.91. The normalized spacial score (nSPS) is 10.8. The van der Waals surface area contributed by atoms with Crippen LogP contribution in [0.15, 0.2) is 48.0 Å². The third-order valence-corrected chi connectivity index (χ3v) is 4.36. The van der Waals surface area contributed by atoms with Crippen LogP contribution in [-0.2, 0) is 27.2 Å². The second-order valence-electron chi connectivity index (χ2n) is 6.23. The molecule has 0 aliphatic carbocycles. The van der Waals surface area contributed by atoms with E-state index in [0.717, 1.165) is 29.7 Å². The van der Waals surface area contributed by atoms with E-state index in [0.29, 0.717) is 11.3 Å². The Hall–Kier alpha value is -3.59. The third-order valence-electron chi connectivity index (χ3n) is 4.36. The number of para-hydroxylation sites is 1. The van der Waals surface area contributed by atoms with E-state index in [4.69, 9.17) is 9.47 Å². The molecule has 0 radical (unpaired) electrons. The van der Waals surface area contributed by atoms with E-state index in [1.165, 1.54) is 6.08 Å². The smallest absolute Gasteiger partial charge is 0.349 e. The van der Waals surface area contributed by atoms with Gasteiger partial charge in [0.15, 0.2) is 6.61 Å². The Labute approximate surface area is 170 Å². The van der Waals surface area contributed by atoms with Gasteiger partial charge >= 0.3 is 5.97 Å². The lowest BCUT2D eigenvalue weighted by atomic mass is 10.0. The Morgan fingerprint density at radius 1 is 1.07 bits per heavy atom. The summed E-state index contributed by atoms with van der Waals surface area (Å²) < 4.78 is 10.1. The molecule has 0 atom stereocenters. The van der Waals surface area contributed by atoms with Gasteiger partial charge < -0.3 is 14.8 Å². The number of esters is 1. The standard InChI is InChI=1S/C23H24N2O4/c1-4-17-7-6-8-18(5-2)22(17)25-21(26)15-29-23(27)19(14-24)13-16-9-11-20(28-3)12-10-16/h6-13H,4-5,15H2,1-3H3,(H,25,26)/b19-13+. The number of benzene rings is 2. The van der Waals surface area contributed by atoms with E-state index in [1.54, 1.807) is 31.4 Å². The Kier molecular flexibility index (Phi) is 7.99. The number of anilines is 1. The van der Waals surface area contributed by atoms with E-state index in [9.17, 15) is 14.9 Å². The van der Waals surface area contributed by atoms with Crippen molar-refractivity contribution in [2.24, 2.45) is 0 Å². The maximum Gasteiger partial charge on any atom is 0.349 e. The summed E-state index contributed by atoms with van der Waals surface area (Å²) in [4.78, 5) is 24.5. The molecule has 0 saturated heterocycles. The highest BCUT2D eigenvalue weighted by molar-refractivity contribution is 6.00. The number of hydrogen-bond acceptors (Lipinski definition) is 5. The molecule has 2 aromatic rings. The summed E-state index contributed by atoms with van der Waals surface area (Å²) in [5, 5.41) is 12.1. The molecule has 1 N–H and O–H groups in total. The molecule has 29 heavy (non-hydrogen) atoms. The second-order valence-corrected chi connectivity index (χ2v) is 6.23. The lowest BCUT2D eigenvalue weighted by molar-refractivity contribution is -0.142. The van der Waals surface area contributed by atoms with Gasteiger partial charge in [0, 0.05) is 5.69 Å². The van der Waals surface area contributed by atoms with Crippen molar-refractivity contribution in [2.45, 2.75) is 26.7 Å². The molecule has 0 unspecified atom stereocenters. The van der Waals surface area contributed by atoms with Crippen LogP contribution in [0.25, 0.3) is 6.08 Å². The number of nitrogens with zero attached hydrogens (tertiary/aromatic N) is 1. The average Bonchev–Trinajstić information content (AvgIpc) is 2.76. The summed E-state index contributed by atoms with van der Waals surface area (Å²) in [6, 6.07) is 14.5. The first-order valence-corrected chi connectivity index (χ1v) is 9.35. The van der Waals surface area contributed by atoms with E-state index in [2.05, 4.69) is 5.32 Å². The molecule has 2 aromatic carbocycles. The van der Waals surface area contributed by atoms with Gasteiger partial charge in [-0.05, 0) is 47.7 Å². The van der Waals surface area contributed by atoms with Crippen molar-refractivity contribution in [1.82, 2.24) is 0 Å². The second kappa shape index (κ2) is 10.7. The lowest BCUT2D eigenvalue weighted by Crippen LogP contribution is -2.22.